The minimum absolute atomic E-state index is 0.0827. The summed E-state index contributed by atoms with van der Waals surface area (Å²) in [5.41, 5.74) is -1.69. The molecule has 5 nitrogen and oxygen atoms in total. The van der Waals surface area contributed by atoms with E-state index in [4.69, 9.17) is 9.47 Å². The first kappa shape index (κ1) is 15.4. The van der Waals surface area contributed by atoms with Gasteiger partial charge in [0, 0.05) is 18.8 Å². The number of ketones is 1. The maximum atomic E-state index is 12.4. The summed E-state index contributed by atoms with van der Waals surface area (Å²) in [6.07, 6.45) is 2.81. The average Bonchev–Trinajstić information content (AvgIpc) is 3.00. The maximum absolute atomic E-state index is 12.4. The number of aliphatic hydroxyl groups is 2. The second-order valence-electron chi connectivity index (χ2n) is 7.33. The molecule has 3 aliphatic rings. The Hall–Kier alpha value is -0.490. The summed E-state index contributed by atoms with van der Waals surface area (Å²) in [4.78, 5) is 12.4. The first-order valence-corrected chi connectivity index (χ1v) is 8.02. The summed E-state index contributed by atoms with van der Waals surface area (Å²) in [6.45, 7) is 4.99. The van der Waals surface area contributed by atoms with E-state index in [1.807, 2.05) is 13.8 Å². The fourth-order valence-corrected chi connectivity index (χ4v) is 4.57. The van der Waals surface area contributed by atoms with Gasteiger partial charge in [-0.25, -0.2) is 0 Å². The standard InChI is InChI=1S/C16H26O5/c1-14-6-5-13(18)16(19,11(14)3-4-12(14)17)8-7-15(2)20-9-10-21-15/h11-12,17,19H,3-10H2,1-2H3/t11-,12+,14+,16?/m1/s1. The van der Waals surface area contributed by atoms with Crippen LogP contribution in [0.15, 0.2) is 0 Å². The fourth-order valence-electron chi connectivity index (χ4n) is 4.57. The van der Waals surface area contributed by atoms with Crippen LogP contribution < -0.4 is 0 Å². The molecule has 0 amide bonds. The topological polar surface area (TPSA) is 76.0 Å². The number of rotatable bonds is 3. The molecule has 0 aromatic rings. The largest absolute Gasteiger partial charge is 0.393 e. The van der Waals surface area contributed by atoms with Gasteiger partial charge in [-0.3, -0.25) is 4.79 Å². The van der Waals surface area contributed by atoms with Crippen molar-refractivity contribution in [3.05, 3.63) is 0 Å². The molecular weight excluding hydrogens is 272 g/mol. The van der Waals surface area contributed by atoms with Gasteiger partial charge in [0.25, 0.3) is 0 Å². The Kier molecular flexibility index (Phi) is 3.68. The van der Waals surface area contributed by atoms with Crippen molar-refractivity contribution in [2.45, 2.75) is 69.9 Å². The third-order valence-electron chi connectivity index (χ3n) is 6.09. The molecule has 1 heterocycles. The van der Waals surface area contributed by atoms with E-state index in [1.165, 1.54) is 0 Å². The normalized spacial score (nSPS) is 45.8. The van der Waals surface area contributed by atoms with E-state index in [2.05, 4.69) is 0 Å². The zero-order valence-electron chi connectivity index (χ0n) is 12.9. The molecule has 0 bridgehead atoms. The molecule has 3 rings (SSSR count). The Balaban J connectivity index is 1.78. The van der Waals surface area contributed by atoms with Crippen LogP contribution in [0.3, 0.4) is 0 Å². The molecule has 5 heteroatoms. The number of hydrogen-bond acceptors (Lipinski definition) is 5. The molecule has 1 aliphatic heterocycles. The molecule has 21 heavy (non-hydrogen) atoms. The summed E-state index contributed by atoms with van der Waals surface area (Å²) < 4.78 is 11.2. The lowest BCUT2D eigenvalue weighted by atomic mass is 9.59. The van der Waals surface area contributed by atoms with Crippen LogP contribution in [-0.2, 0) is 14.3 Å². The van der Waals surface area contributed by atoms with Crippen molar-refractivity contribution in [1.29, 1.82) is 0 Å². The number of carbonyl (C=O) groups excluding carboxylic acids is 1. The highest BCUT2D eigenvalue weighted by Crippen LogP contribution is 2.56. The molecule has 2 N–H and O–H groups in total. The van der Waals surface area contributed by atoms with Gasteiger partial charge in [0.05, 0.1) is 19.3 Å². The van der Waals surface area contributed by atoms with E-state index in [9.17, 15) is 15.0 Å². The van der Waals surface area contributed by atoms with E-state index in [0.29, 0.717) is 51.7 Å². The highest BCUT2D eigenvalue weighted by molar-refractivity contribution is 5.88. The zero-order chi connectivity index (χ0) is 15.3. The molecule has 2 saturated carbocycles. The first-order valence-electron chi connectivity index (χ1n) is 8.02. The van der Waals surface area contributed by atoms with Gasteiger partial charge < -0.3 is 19.7 Å². The van der Waals surface area contributed by atoms with E-state index in [1.54, 1.807) is 0 Å². The van der Waals surface area contributed by atoms with Crippen LogP contribution in [0.4, 0.5) is 0 Å². The van der Waals surface area contributed by atoms with E-state index in [-0.39, 0.29) is 17.1 Å². The molecule has 1 saturated heterocycles. The fraction of sp³-hybridized carbons (Fsp3) is 0.938. The predicted molar refractivity (Wildman–Crippen MR) is 75.6 cm³/mol. The molecule has 2 aliphatic carbocycles. The number of aliphatic hydroxyl groups excluding tert-OH is 1. The molecule has 4 atom stereocenters. The van der Waals surface area contributed by atoms with Gasteiger partial charge in [0.15, 0.2) is 11.6 Å². The molecule has 120 valence electrons. The quantitative estimate of drug-likeness (QED) is 0.823. The Morgan fingerprint density at radius 3 is 2.52 bits per heavy atom. The highest BCUT2D eigenvalue weighted by Gasteiger charge is 2.60. The van der Waals surface area contributed by atoms with Crippen molar-refractivity contribution in [1.82, 2.24) is 0 Å². The summed E-state index contributed by atoms with van der Waals surface area (Å²) >= 11 is 0. The Morgan fingerprint density at radius 2 is 1.86 bits per heavy atom. The number of fused-ring (bicyclic) bond motifs is 1. The summed E-state index contributed by atoms with van der Waals surface area (Å²) in [7, 11) is 0. The van der Waals surface area contributed by atoms with Crippen LogP contribution >= 0.6 is 0 Å². The molecule has 0 spiro atoms. The smallest absolute Gasteiger partial charge is 0.165 e. The molecule has 3 fully saturated rings. The van der Waals surface area contributed by atoms with Crippen molar-refractivity contribution in [3.63, 3.8) is 0 Å². The monoisotopic (exact) mass is 298 g/mol. The minimum Gasteiger partial charge on any atom is -0.393 e. The number of Topliss-reactive ketones (excluding diaryl/α,β-unsaturated/α-hetero) is 1. The molecule has 0 radical (unpaired) electrons. The lowest BCUT2D eigenvalue weighted by Crippen LogP contribution is -2.56. The lowest BCUT2D eigenvalue weighted by molar-refractivity contribution is -0.180. The lowest BCUT2D eigenvalue weighted by Gasteiger charge is -2.48. The SMILES string of the molecule is CC1(CCC2(O)C(=O)CC[C@]3(C)[C@@H](O)CC[C@@H]23)OCCO1. The average molecular weight is 298 g/mol. The van der Waals surface area contributed by atoms with Gasteiger partial charge in [-0.1, -0.05) is 6.92 Å². The molecular formula is C16H26O5. The summed E-state index contributed by atoms with van der Waals surface area (Å²) in [6, 6.07) is 0. The van der Waals surface area contributed by atoms with Crippen LogP contribution in [0.1, 0.15) is 52.4 Å². The second-order valence-corrected chi connectivity index (χ2v) is 7.33. The van der Waals surface area contributed by atoms with Crippen LogP contribution in [0.5, 0.6) is 0 Å². The van der Waals surface area contributed by atoms with Crippen LogP contribution in [-0.4, -0.2) is 46.7 Å². The van der Waals surface area contributed by atoms with Gasteiger partial charge in [0.2, 0.25) is 0 Å². The Labute approximate surface area is 125 Å². The first-order chi connectivity index (χ1) is 9.80. The third kappa shape index (κ3) is 2.34. The van der Waals surface area contributed by atoms with Crippen molar-refractivity contribution in [2.75, 3.05) is 13.2 Å². The number of ether oxygens (including phenoxy) is 2. The minimum atomic E-state index is -1.34. The predicted octanol–water partition coefficient (Wildman–Crippen LogP) is 1.40. The van der Waals surface area contributed by atoms with Crippen molar-refractivity contribution in [3.8, 4) is 0 Å². The molecule has 0 aromatic heterocycles. The van der Waals surface area contributed by atoms with Crippen LogP contribution in [0.2, 0.25) is 0 Å². The van der Waals surface area contributed by atoms with Crippen LogP contribution in [0.25, 0.3) is 0 Å². The van der Waals surface area contributed by atoms with Crippen molar-refractivity contribution in [2.24, 2.45) is 11.3 Å². The van der Waals surface area contributed by atoms with Gasteiger partial charge in [-0.15, -0.1) is 0 Å². The number of carbonyl (C=O) groups is 1. The summed E-state index contributed by atoms with van der Waals surface area (Å²) in [5.74, 6) is -0.937. The van der Waals surface area contributed by atoms with E-state index in [0.717, 1.165) is 0 Å². The van der Waals surface area contributed by atoms with Crippen molar-refractivity contribution >= 4 is 5.78 Å². The van der Waals surface area contributed by atoms with Crippen molar-refractivity contribution < 1.29 is 24.5 Å². The zero-order valence-corrected chi connectivity index (χ0v) is 12.9. The highest BCUT2D eigenvalue weighted by atomic mass is 16.7. The maximum Gasteiger partial charge on any atom is 0.165 e. The number of hydrogen-bond donors (Lipinski definition) is 2. The van der Waals surface area contributed by atoms with E-state index >= 15 is 0 Å². The summed E-state index contributed by atoms with van der Waals surface area (Å²) in [5, 5.41) is 21.4. The van der Waals surface area contributed by atoms with Gasteiger partial charge in [-0.2, -0.15) is 0 Å². The third-order valence-corrected chi connectivity index (χ3v) is 6.09. The van der Waals surface area contributed by atoms with E-state index < -0.39 is 17.5 Å². The van der Waals surface area contributed by atoms with Gasteiger partial charge in [0.1, 0.15) is 5.60 Å². The second kappa shape index (κ2) is 5.01. The molecule has 0 aromatic carbocycles. The van der Waals surface area contributed by atoms with Gasteiger partial charge >= 0.3 is 0 Å². The Bertz CT molecular complexity index is 430. The van der Waals surface area contributed by atoms with Crippen LogP contribution in [0, 0.1) is 11.3 Å². The Morgan fingerprint density at radius 1 is 1.19 bits per heavy atom. The van der Waals surface area contributed by atoms with Gasteiger partial charge in [-0.05, 0) is 38.0 Å². The molecule has 1 unspecified atom stereocenters.